The first-order valence-electron chi connectivity index (χ1n) is 4.70. The summed E-state index contributed by atoms with van der Waals surface area (Å²) in [7, 11) is 0. The van der Waals surface area contributed by atoms with Gasteiger partial charge in [-0.3, -0.25) is 14.6 Å². The molecule has 0 spiro atoms. The summed E-state index contributed by atoms with van der Waals surface area (Å²) in [5.74, 6) is -1.06. The van der Waals surface area contributed by atoms with Gasteiger partial charge < -0.3 is 10.4 Å². The number of anilines is 1. The first-order valence-corrected chi connectivity index (χ1v) is 4.70. The minimum Gasteiger partial charge on any atom is -0.481 e. The molecule has 8 heteroatoms. The van der Waals surface area contributed by atoms with Gasteiger partial charge in [-0.1, -0.05) is 6.92 Å². The molecular formula is C8H12N4O4. The van der Waals surface area contributed by atoms with Gasteiger partial charge >= 0.3 is 11.7 Å². The molecule has 88 valence electrons. The molecule has 16 heavy (non-hydrogen) atoms. The maximum Gasteiger partial charge on any atom is 0.342 e. The lowest BCUT2D eigenvalue weighted by atomic mass is 10.1. The molecule has 4 N–H and O–H groups in total. The number of carbonyl (C=O) groups is 1. The minimum absolute atomic E-state index is 0.0901. The molecule has 1 unspecified atom stereocenters. The summed E-state index contributed by atoms with van der Waals surface area (Å²) in [6.07, 6.45) is 0.392. The third-order valence-electron chi connectivity index (χ3n) is 1.97. The van der Waals surface area contributed by atoms with Crippen molar-refractivity contribution in [2.24, 2.45) is 0 Å². The summed E-state index contributed by atoms with van der Waals surface area (Å²) in [6.45, 7) is 1.78. The number of nitrogens with zero attached hydrogens (tertiary/aromatic N) is 1. The van der Waals surface area contributed by atoms with Gasteiger partial charge in [-0.2, -0.15) is 0 Å². The van der Waals surface area contributed by atoms with Crippen molar-refractivity contribution >= 4 is 11.8 Å². The second-order valence-electron chi connectivity index (χ2n) is 3.20. The molecule has 0 aliphatic rings. The van der Waals surface area contributed by atoms with Gasteiger partial charge in [0.25, 0.3) is 5.56 Å². The van der Waals surface area contributed by atoms with Crippen molar-refractivity contribution in [3.8, 4) is 0 Å². The van der Waals surface area contributed by atoms with Crippen LogP contribution in [-0.2, 0) is 4.79 Å². The largest absolute Gasteiger partial charge is 0.481 e. The number of carboxylic acid groups (broad SMARTS) is 1. The number of aliphatic carboxylic acids is 1. The Morgan fingerprint density at radius 1 is 1.56 bits per heavy atom. The Labute approximate surface area is 89.7 Å². The van der Waals surface area contributed by atoms with Gasteiger partial charge in [0.15, 0.2) is 0 Å². The minimum atomic E-state index is -0.972. The van der Waals surface area contributed by atoms with Crippen molar-refractivity contribution < 1.29 is 9.90 Å². The average molecular weight is 228 g/mol. The molecule has 1 aromatic heterocycles. The Hall–Kier alpha value is -2.12. The Morgan fingerprint density at radius 2 is 2.25 bits per heavy atom. The number of rotatable bonds is 5. The molecule has 0 amide bonds. The number of hydrogen-bond donors (Lipinski definition) is 4. The van der Waals surface area contributed by atoms with E-state index in [0.29, 0.717) is 6.42 Å². The van der Waals surface area contributed by atoms with E-state index in [9.17, 15) is 14.4 Å². The number of hydrogen-bond acceptors (Lipinski definition) is 5. The maximum atomic E-state index is 11.2. The van der Waals surface area contributed by atoms with Crippen LogP contribution in [0.2, 0.25) is 0 Å². The molecule has 0 saturated heterocycles. The topological polar surface area (TPSA) is 128 Å². The van der Waals surface area contributed by atoms with Crippen molar-refractivity contribution in [1.29, 1.82) is 0 Å². The number of H-pyrrole nitrogens is 2. The van der Waals surface area contributed by atoms with Crippen LogP contribution in [0.5, 0.6) is 0 Å². The maximum absolute atomic E-state index is 11.2. The lowest BCUT2D eigenvalue weighted by Crippen LogP contribution is -2.31. The summed E-state index contributed by atoms with van der Waals surface area (Å²) in [4.78, 5) is 34.4. The molecule has 0 radical (unpaired) electrons. The molecule has 1 rings (SSSR count). The van der Waals surface area contributed by atoms with E-state index in [1.54, 1.807) is 6.92 Å². The quantitative estimate of drug-likeness (QED) is 0.518. The van der Waals surface area contributed by atoms with Crippen LogP contribution in [0.15, 0.2) is 9.59 Å². The Kier molecular flexibility index (Phi) is 3.81. The first-order chi connectivity index (χ1) is 7.52. The van der Waals surface area contributed by atoms with E-state index in [2.05, 4.69) is 15.5 Å². The van der Waals surface area contributed by atoms with E-state index in [0.717, 1.165) is 0 Å². The van der Waals surface area contributed by atoms with E-state index in [1.807, 2.05) is 4.98 Å². The lowest BCUT2D eigenvalue weighted by Gasteiger charge is -2.13. The Balaban J connectivity index is 2.82. The molecule has 0 aromatic carbocycles. The van der Waals surface area contributed by atoms with Gasteiger partial charge in [0.2, 0.25) is 5.82 Å². The van der Waals surface area contributed by atoms with Crippen LogP contribution in [0.25, 0.3) is 0 Å². The summed E-state index contributed by atoms with van der Waals surface area (Å²) in [5, 5.41) is 16.8. The summed E-state index contributed by atoms with van der Waals surface area (Å²) < 4.78 is 0. The molecule has 1 heterocycles. The summed E-state index contributed by atoms with van der Waals surface area (Å²) in [6, 6.07) is -0.406. The van der Waals surface area contributed by atoms with Gasteiger partial charge in [0.1, 0.15) is 0 Å². The van der Waals surface area contributed by atoms with Gasteiger partial charge in [-0.15, -0.1) is 5.10 Å². The van der Waals surface area contributed by atoms with Crippen LogP contribution < -0.4 is 16.6 Å². The fraction of sp³-hybridized carbons (Fsp3) is 0.500. The SMILES string of the molecule is CCC(CC(=O)O)Nc1n[nH]c(=O)[nH]c1=O. The number of aromatic nitrogens is 3. The highest BCUT2D eigenvalue weighted by Gasteiger charge is 2.13. The van der Waals surface area contributed by atoms with Crippen molar-refractivity contribution in [3.63, 3.8) is 0 Å². The molecule has 0 saturated carbocycles. The van der Waals surface area contributed by atoms with Crippen LogP contribution in [0, 0.1) is 0 Å². The predicted octanol–water partition coefficient (Wildman–Crippen LogP) is -0.877. The fourth-order valence-corrected chi connectivity index (χ4v) is 1.15. The zero-order valence-corrected chi connectivity index (χ0v) is 8.61. The van der Waals surface area contributed by atoms with Crippen LogP contribution >= 0.6 is 0 Å². The second kappa shape index (κ2) is 5.10. The van der Waals surface area contributed by atoms with Gasteiger partial charge in [0, 0.05) is 6.04 Å². The highest BCUT2D eigenvalue weighted by atomic mass is 16.4. The smallest absolute Gasteiger partial charge is 0.342 e. The predicted molar refractivity (Wildman–Crippen MR) is 55.4 cm³/mol. The third-order valence-corrected chi connectivity index (χ3v) is 1.97. The van der Waals surface area contributed by atoms with Crippen molar-refractivity contribution in [3.05, 3.63) is 20.8 Å². The average Bonchev–Trinajstić information content (AvgIpc) is 2.20. The number of aromatic amines is 2. The summed E-state index contributed by atoms with van der Waals surface area (Å²) in [5.41, 5.74) is -1.38. The second-order valence-corrected chi connectivity index (χ2v) is 3.20. The van der Waals surface area contributed by atoms with Crippen LogP contribution in [0.4, 0.5) is 5.82 Å². The van der Waals surface area contributed by atoms with Crippen molar-refractivity contribution in [2.75, 3.05) is 5.32 Å². The lowest BCUT2D eigenvalue weighted by molar-refractivity contribution is -0.137. The molecule has 0 fully saturated rings. The van der Waals surface area contributed by atoms with Gasteiger partial charge in [-0.25, -0.2) is 9.89 Å². The van der Waals surface area contributed by atoms with Crippen LogP contribution in [-0.4, -0.2) is 32.3 Å². The van der Waals surface area contributed by atoms with E-state index < -0.39 is 23.3 Å². The highest BCUT2D eigenvalue weighted by Crippen LogP contribution is 2.03. The highest BCUT2D eigenvalue weighted by molar-refractivity contribution is 5.68. The molecule has 0 aliphatic carbocycles. The Bertz CT molecular complexity index is 477. The molecule has 1 aromatic rings. The van der Waals surface area contributed by atoms with Crippen LogP contribution in [0.3, 0.4) is 0 Å². The zero-order valence-electron chi connectivity index (χ0n) is 8.61. The summed E-state index contributed by atoms with van der Waals surface area (Å²) >= 11 is 0. The Morgan fingerprint density at radius 3 is 2.75 bits per heavy atom. The van der Waals surface area contributed by atoms with Gasteiger partial charge in [0.05, 0.1) is 6.42 Å². The fourth-order valence-electron chi connectivity index (χ4n) is 1.15. The van der Waals surface area contributed by atoms with Crippen LogP contribution in [0.1, 0.15) is 19.8 Å². The molecule has 0 aliphatic heterocycles. The number of carboxylic acids is 1. The van der Waals surface area contributed by atoms with E-state index in [4.69, 9.17) is 5.11 Å². The normalized spacial score (nSPS) is 12.1. The van der Waals surface area contributed by atoms with E-state index in [1.165, 1.54) is 0 Å². The van der Waals surface area contributed by atoms with Crippen molar-refractivity contribution in [1.82, 2.24) is 15.2 Å². The first kappa shape index (κ1) is 12.0. The number of nitrogens with one attached hydrogen (secondary N) is 3. The monoisotopic (exact) mass is 228 g/mol. The van der Waals surface area contributed by atoms with Gasteiger partial charge in [-0.05, 0) is 6.42 Å². The van der Waals surface area contributed by atoms with E-state index >= 15 is 0 Å². The zero-order chi connectivity index (χ0) is 12.1. The standard InChI is InChI=1S/C8H12N4O4/c1-2-4(3-5(13)14)9-6-7(15)10-8(16)12-11-6/h4H,2-3H2,1H3,(H,9,11)(H,13,14)(H2,10,12,15,16). The molecular weight excluding hydrogens is 216 g/mol. The van der Waals surface area contributed by atoms with Crippen molar-refractivity contribution in [2.45, 2.75) is 25.8 Å². The van der Waals surface area contributed by atoms with E-state index in [-0.39, 0.29) is 12.2 Å². The molecule has 8 nitrogen and oxygen atoms in total. The molecule has 0 bridgehead atoms. The molecule has 1 atom stereocenters. The third kappa shape index (κ3) is 3.23.